The van der Waals surface area contributed by atoms with Crippen molar-refractivity contribution in [3.63, 3.8) is 0 Å². The first kappa shape index (κ1) is 15.7. The lowest BCUT2D eigenvalue weighted by molar-refractivity contribution is -0.116. The quantitative estimate of drug-likeness (QED) is 0.618. The highest BCUT2D eigenvalue weighted by atomic mass is 32.1. The van der Waals surface area contributed by atoms with Crippen LogP contribution in [0.1, 0.15) is 35.0 Å². The number of anilines is 1. The van der Waals surface area contributed by atoms with E-state index in [0.717, 1.165) is 4.88 Å². The van der Waals surface area contributed by atoms with Gasteiger partial charge in [-0.2, -0.15) is 0 Å². The number of amides is 1. The number of aryl methyl sites for hydroxylation is 1. The van der Waals surface area contributed by atoms with Gasteiger partial charge in [-0.1, -0.05) is 0 Å². The minimum absolute atomic E-state index is 0.121. The molecule has 0 bridgehead atoms. The summed E-state index contributed by atoms with van der Waals surface area (Å²) in [4.78, 5) is 24.4. The second-order valence-electron chi connectivity index (χ2n) is 3.96. The van der Waals surface area contributed by atoms with Crippen LogP contribution >= 0.6 is 11.3 Å². The molecule has 0 unspecified atom stereocenters. The molecule has 1 amide bonds. The molecule has 0 aliphatic heterocycles. The van der Waals surface area contributed by atoms with E-state index in [1.165, 1.54) is 11.3 Å². The number of ether oxygens (including phenoxy) is 2. The van der Waals surface area contributed by atoms with Crippen LogP contribution in [0.5, 0.6) is 0 Å². The van der Waals surface area contributed by atoms with E-state index in [0.29, 0.717) is 36.6 Å². The van der Waals surface area contributed by atoms with E-state index in [9.17, 15) is 9.59 Å². The van der Waals surface area contributed by atoms with Crippen molar-refractivity contribution in [1.29, 1.82) is 0 Å². The highest BCUT2D eigenvalue weighted by molar-refractivity contribution is 7.16. The standard InChI is InChI=1S/C13H19NO4S/c1-4-18-13(16)10-8-9(2)19-12(10)14-11(15)6-5-7-17-3/h8H,4-7H2,1-3H3,(H,14,15). The first-order valence-electron chi connectivity index (χ1n) is 6.14. The molecule has 19 heavy (non-hydrogen) atoms. The number of methoxy groups -OCH3 is 1. The third-order valence-electron chi connectivity index (χ3n) is 2.36. The van der Waals surface area contributed by atoms with E-state index >= 15 is 0 Å². The zero-order valence-corrected chi connectivity index (χ0v) is 12.3. The van der Waals surface area contributed by atoms with Crippen LogP contribution in [0, 0.1) is 6.92 Å². The molecule has 0 aliphatic rings. The van der Waals surface area contributed by atoms with Gasteiger partial charge in [0.15, 0.2) is 0 Å². The van der Waals surface area contributed by atoms with Gasteiger partial charge in [0, 0.05) is 25.0 Å². The Kier molecular flexibility index (Phi) is 6.52. The summed E-state index contributed by atoms with van der Waals surface area (Å²) < 4.78 is 9.85. The molecule has 1 N–H and O–H groups in total. The molecule has 0 radical (unpaired) electrons. The lowest BCUT2D eigenvalue weighted by Gasteiger charge is -2.05. The maximum atomic E-state index is 11.7. The van der Waals surface area contributed by atoms with E-state index in [1.807, 2.05) is 6.92 Å². The second-order valence-corrected chi connectivity index (χ2v) is 5.22. The predicted octanol–water partition coefficient (Wildman–Crippen LogP) is 2.60. The molecule has 1 aromatic heterocycles. The van der Waals surface area contributed by atoms with E-state index in [1.54, 1.807) is 20.1 Å². The highest BCUT2D eigenvalue weighted by Crippen LogP contribution is 2.28. The fraction of sp³-hybridized carbons (Fsp3) is 0.538. The Labute approximate surface area is 116 Å². The number of rotatable bonds is 7. The average molecular weight is 285 g/mol. The predicted molar refractivity (Wildman–Crippen MR) is 74.8 cm³/mol. The van der Waals surface area contributed by atoms with Gasteiger partial charge in [0.1, 0.15) is 5.00 Å². The van der Waals surface area contributed by atoms with Crippen molar-refractivity contribution in [1.82, 2.24) is 0 Å². The van der Waals surface area contributed by atoms with Crippen molar-refractivity contribution in [3.8, 4) is 0 Å². The van der Waals surface area contributed by atoms with Crippen LogP contribution in [-0.2, 0) is 14.3 Å². The van der Waals surface area contributed by atoms with E-state index in [4.69, 9.17) is 9.47 Å². The Morgan fingerprint density at radius 3 is 2.79 bits per heavy atom. The highest BCUT2D eigenvalue weighted by Gasteiger charge is 2.17. The van der Waals surface area contributed by atoms with Gasteiger partial charge < -0.3 is 14.8 Å². The first-order chi connectivity index (χ1) is 9.08. The van der Waals surface area contributed by atoms with Gasteiger partial charge in [0.05, 0.1) is 12.2 Å². The van der Waals surface area contributed by atoms with Crippen molar-refractivity contribution in [3.05, 3.63) is 16.5 Å². The van der Waals surface area contributed by atoms with Gasteiger partial charge >= 0.3 is 5.97 Å². The van der Waals surface area contributed by atoms with Crippen LogP contribution in [0.3, 0.4) is 0 Å². The molecular formula is C13H19NO4S. The monoisotopic (exact) mass is 285 g/mol. The Morgan fingerprint density at radius 2 is 2.16 bits per heavy atom. The van der Waals surface area contributed by atoms with Crippen molar-refractivity contribution in [2.75, 3.05) is 25.6 Å². The summed E-state index contributed by atoms with van der Waals surface area (Å²) in [5.74, 6) is -0.525. The molecular weight excluding hydrogens is 266 g/mol. The van der Waals surface area contributed by atoms with Crippen LogP contribution in [0.4, 0.5) is 5.00 Å². The molecule has 6 heteroatoms. The second kappa shape index (κ2) is 7.91. The largest absolute Gasteiger partial charge is 0.462 e. The zero-order chi connectivity index (χ0) is 14.3. The molecule has 5 nitrogen and oxygen atoms in total. The summed E-state index contributed by atoms with van der Waals surface area (Å²) >= 11 is 1.37. The van der Waals surface area contributed by atoms with Gasteiger partial charge in [0.2, 0.25) is 5.91 Å². The molecule has 0 aliphatic carbocycles. The molecule has 0 saturated heterocycles. The molecule has 1 heterocycles. The summed E-state index contributed by atoms with van der Waals surface area (Å²) in [6.07, 6.45) is 1.02. The van der Waals surface area contributed by atoms with Gasteiger partial charge in [0.25, 0.3) is 0 Å². The molecule has 1 aromatic rings. The lowest BCUT2D eigenvalue weighted by Crippen LogP contribution is -2.14. The summed E-state index contributed by atoms with van der Waals surface area (Å²) in [5, 5.41) is 3.31. The van der Waals surface area contributed by atoms with Crippen LogP contribution in [0.2, 0.25) is 0 Å². The fourth-order valence-corrected chi connectivity index (χ4v) is 2.45. The normalized spacial score (nSPS) is 10.3. The SMILES string of the molecule is CCOC(=O)c1cc(C)sc1NC(=O)CCCOC. The third kappa shape index (κ3) is 5.00. The number of carbonyl (C=O) groups excluding carboxylic acids is 2. The van der Waals surface area contributed by atoms with Crippen molar-refractivity contribution in [2.24, 2.45) is 0 Å². The molecule has 0 spiro atoms. The van der Waals surface area contributed by atoms with E-state index in [-0.39, 0.29) is 5.91 Å². The third-order valence-corrected chi connectivity index (χ3v) is 3.32. The number of thiophene rings is 1. The lowest BCUT2D eigenvalue weighted by atomic mass is 10.2. The Balaban J connectivity index is 2.67. The van der Waals surface area contributed by atoms with Crippen molar-refractivity contribution < 1.29 is 19.1 Å². The van der Waals surface area contributed by atoms with Crippen molar-refractivity contribution >= 4 is 28.2 Å². The van der Waals surface area contributed by atoms with Crippen LogP contribution in [0.25, 0.3) is 0 Å². The van der Waals surface area contributed by atoms with E-state index < -0.39 is 5.97 Å². The van der Waals surface area contributed by atoms with Crippen molar-refractivity contribution in [2.45, 2.75) is 26.7 Å². The van der Waals surface area contributed by atoms with Gasteiger partial charge in [-0.3, -0.25) is 4.79 Å². The van der Waals surface area contributed by atoms with Crippen LogP contribution < -0.4 is 5.32 Å². The summed E-state index contributed by atoms with van der Waals surface area (Å²) in [5.41, 5.74) is 0.421. The minimum Gasteiger partial charge on any atom is -0.462 e. The molecule has 1 rings (SSSR count). The minimum atomic E-state index is -0.404. The number of esters is 1. The topological polar surface area (TPSA) is 64.6 Å². The summed E-state index contributed by atoms with van der Waals surface area (Å²) in [6.45, 7) is 4.49. The fourth-order valence-electron chi connectivity index (χ4n) is 1.53. The maximum absolute atomic E-state index is 11.7. The molecule has 0 aromatic carbocycles. The Bertz CT molecular complexity index is 442. The average Bonchev–Trinajstić information content (AvgIpc) is 2.71. The number of hydrogen-bond donors (Lipinski definition) is 1. The molecule has 0 atom stereocenters. The number of nitrogens with one attached hydrogen (secondary N) is 1. The zero-order valence-electron chi connectivity index (χ0n) is 11.4. The van der Waals surface area contributed by atoms with Crippen LogP contribution in [0.15, 0.2) is 6.07 Å². The smallest absolute Gasteiger partial charge is 0.341 e. The molecule has 0 saturated carbocycles. The molecule has 106 valence electrons. The summed E-state index contributed by atoms with van der Waals surface area (Å²) in [6, 6.07) is 1.73. The van der Waals surface area contributed by atoms with E-state index in [2.05, 4.69) is 5.32 Å². The van der Waals surface area contributed by atoms with Gasteiger partial charge in [-0.15, -0.1) is 11.3 Å². The first-order valence-corrected chi connectivity index (χ1v) is 6.96. The van der Waals surface area contributed by atoms with Crippen LogP contribution in [-0.4, -0.2) is 32.2 Å². The van der Waals surface area contributed by atoms with Gasteiger partial charge in [-0.05, 0) is 26.3 Å². The molecule has 0 fully saturated rings. The number of carbonyl (C=O) groups is 2. The van der Waals surface area contributed by atoms with Gasteiger partial charge in [-0.25, -0.2) is 4.79 Å². The Hall–Kier alpha value is -1.40. The Morgan fingerprint density at radius 1 is 1.42 bits per heavy atom. The summed E-state index contributed by atoms with van der Waals surface area (Å²) in [7, 11) is 1.60. The maximum Gasteiger partial charge on any atom is 0.341 e. The number of hydrogen-bond acceptors (Lipinski definition) is 5.